The van der Waals surface area contributed by atoms with Crippen molar-refractivity contribution in [1.82, 2.24) is 4.57 Å². The Morgan fingerprint density at radius 1 is 0.923 bits per heavy atom. The van der Waals surface area contributed by atoms with Crippen molar-refractivity contribution in [2.24, 2.45) is 0 Å². The zero-order valence-corrected chi connectivity index (χ0v) is 15.0. The number of aromatic nitrogens is 1. The molecule has 4 rings (SSSR count). The van der Waals surface area contributed by atoms with E-state index in [9.17, 15) is 0 Å². The third kappa shape index (κ3) is 3.13. The molecule has 0 saturated carbocycles. The van der Waals surface area contributed by atoms with Gasteiger partial charge in [0.15, 0.2) is 6.23 Å². The van der Waals surface area contributed by atoms with Crippen LogP contribution in [-0.4, -0.2) is 31.9 Å². The molecule has 1 atom stereocenters. The fourth-order valence-electron chi connectivity index (χ4n) is 3.27. The largest absolute Gasteiger partial charge is 0.497 e. The Labute approximate surface area is 153 Å². The van der Waals surface area contributed by atoms with E-state index >= 15 is 0 Å². The van der Waals surface area contributed by atoms with Crippen molar-refractivity contribution in [3.8, 4) is 17.2 Å². The van der Waals surface area contributed by atoms with Crippen molar-refractivity contribution in [3.05, 3.63) is 72.6 Å². The summed E-state index contributed by atoms with van der Waals surface area (Å²) >= 11 is 0. The van der Waals surface area contributed by atoms with E-state index in [0.29, 0.717) is 6.61 Å². The van der Waals surface area contributed by atoms with E-state index in [0.717, 1.165) is 35.0 Å². The summed E-state index contributed by atoms with van der Waals surface area (Å²) in [5.74, 6) is 1.70. The molecule has 5 nitrogen and oxygen atoms in total. The van der Waals surface area contributed by atoms with E-state index in [1.807, 2.05) is 42.5 Å². The molecule has 26 heavy (non-hydrogen) atoms. The third-order valence-corrected chi connectivity index (χ3v) is 4.65. The van der Waals surface area contributed by atoms with Gasteiger partial charge in [0.2, 0.25) is 0 Å². The average Bonchev–Trinajstić information content (AvgIpc) is 3.37. The van der Waals surface area contributed by atoms with Crippen molar-refractivity contribution >= 4 is 5.69 Å². The quantitative estimate of drug-likeness (QED) is 0.696. The van der Waals surface area contributed by atoms with Crippen LogP contribution in [0.15, 0.2) is 67.0 Å². The second-order valence-electron chi connectivity index (χ2n) is 6.17. The van der Waals surface area contributed by atoms with Crippen molar-refractivity contribution in [3.63, 3.8) is 0 Å². The van der Waals surface area contributed by atoms with Crippen molar-refractivity contribution in [2.45, 2.75) is 6.23 Å². The third-order valence-electron chi connectivity index (χ3n) is 4.65. The van der Waals surface area contributed by atoms with Gasteiger partial charge in [-0.15, -0.1) is 0 Å². The predicted octanol–water partition coefficient (Wildman–Crippen LogP) is 4.03. The molecule has 3 aromatic rings. The van der Waals surface area contributed by atoms with E-state index in [2.05, 4.69) is 34.0 Å². The molecule has 134 valence electrons. The highest BCUT2D eigenvalue weighted by molar-refractivity contribution is 5.53. The van der Waals surface area contributed by atoms with Gasteiger partial charge in [-0.2, -0.15) is 0 Å². The van der Waals surface area contributed by atoms with Gasteiger partial charge >= 0.3 is 0 Å². The van der Waals surface area contributed by atoms with Crippen LogP contribution in [0.4, 0.5) is 5.69 Å². The molecule has 1 saturated heterocycles. The number of rotatable bonds is 5. The van der Waals surface area contributed by atoms with Gasteiger partial charge in [-0.05, 0) is 42.5 Å². The number of methoxy groups -OCH3 is 2. The second kappa shape index (κ2) is 7.14. The molecule has 5 heteroatoms. The summed E-state index contributed by atoms with van der Waals surface area (Å²) in [4.78, 5) is 2.26. The molecule has 2 aromatic carbocycles. The van der Waals surface area contributed by atoms with Gasteiger partial charge in [0, 0.05) is 41.9 Å². The highest BCUT2D eigenvalue weighted by atomic mass is 16.5. The lowest BCUT2D eigenvalue weighted by molar-refractivity contribution is 0.114. The van der Waals surface area contributed by atoms with Gasteiger partial charge in [0.1, 0.15) is 11.5 Å². The minimum absolute atomic E-state index is 0.0957. The topological polar surface area (TPSA) is 35.9 Å². The summed E-state index contributed by atoms with van der Waals surface area (Å²) in [6.07, 6.45) is 4.08. The lowest BCUT2D eigenvalue weighted by Crippen LogP contribution is -2.22. The van der Waals surface area contributed by atoms with Crippen LogP contribution >= 0.6 is 0 Å². The zero-order chi connectivity index (χ0) is 17.9. The molecule has 1 aliphatic heterocycles. The molecule has 0 amide bonds. The zero-order valence-electron chi connectivity index (χ0n) is 15.0. The van der Waals surface area contributed by atoms with Crippen molar-refractivity contribution in [2.75, 3.05) is 32.3 Å². The molecule has 0 aliphatic carbocycles. The lowest BCUT2D eigenvalue weighted by atomic mass is 10.2. The maximum absolute atomic E-state index is 6.02. The fourth-order valence-corrected chi connectivity index (χ4v) is 3.27. The number of benzene rings is 2. The molecule has 1 aliphatic rings. The van der Waals surface area contributed by atoms with Crippen LogP contribution < -0.4 is 14.4 Å². The minimum atomic E-state index is -0.0957. The fraction of sp³-hybridized carbons (Fsp3) is 0.238. The Kier molecular flexibility index (Phi) is 4.54. The first-order chi connectivity index (χ1) is 12.8. The molecule has 0 radical (unpaired) electrons. The number of ether oxygens (including phenoxy) is 3. The van der Waals surface area contributed by atoms with Gasteiger partial charge in [-0.3, -0.25) is 0 Å². The van der Waals surface area contributed by atoms with E-state index in [1.54, 1.807) is 14.2 Å². The first-order valence-electron chi connectivity index (χ1n) is 8.63. The Morgan fingerprint density at radius 2 is 1.73 bits per heavy atom. The van der Waals surface area contributed by atoms with Gasteiger partial charge in [0.25, 0.3) is 0 Å². The SMILES string of the molecule is COc1ccc(-n2ccc([C@H]3OCCN3c3cccc(OC)c3)c2)cc1. The first-order valence-corrected chi connectivity index (χ1v) is 8.63. The summed E-state index contributed by atoms with van der Waals surface area (Å²) in [7, 11) is 3.36. The van der Waals surface area contributed by atoms with Gasteiger partial charge in [-0.1, -0.05) is 6.07 Å². The Balaban J connectivity index is 1.59. The van der Waals surface area contributed by atoms with Crippen molar-refractivity contribution in [1.29, 1.82) is 0 Å². The highest BCUT2D eigenvalue weighted by Gasteiger charge is 2.28. The molecule has 2 heterocycles. The smallest absolute Gasteiger partial charge is 0.158 e. The maximum Gasteiger partial charge on any atom is 0.158 e. The average molecular weight is 350 g/mol. The Hall–Kier alpha value is -2.92. The van der Waals surface area contributed by atoms with E-state index in [1.165, 1.54) is 0 Å². The Bertz CT molecular complexity index is 873. The van der Waals surface area contributed by atoms with Crippen LogP contribution in [0.2, 0.25) is 0 Å². The monoisotopic (exact) mass is 350 g/mol. The number of anilines is 1. The summed E-state index contributed by atoms with van der Waals surface area (Å²) in [5, 5.41) is 0. The summed E-state index contributed by atoms with van der Waals surface area (Å²) < 4.78 is 18.7. The normalized spacial score (nSPS) is 16.7. The molecule has 1 aromatic heterocycles. The van der Waals surface area contributed by atoms with E-state index in [-0.39, 0.29) is 6.23 Å². The number of hydrogen-bond donors (Lipinski definition) is 0. The van der Waals surface area contributed by atoms with Crippen molar-refractivity contribution < 1.29 is 14.2 Å². The van der Waals surface area contributed by atoms with Crippen LogP contribution in [0.25, 0.3) is 5.69 Å². The van der Waals surface area contributed by atoms with Crippen LogP contribution in [-0.2, 0) is 4.74 Å². The van der Waals surface area contributed by atoms with Gasteiger partial charge in [0.05, 0.1) is 20.8 Å². The van der Waals surface area contributed by atoms with Crippen LogP contribution in [0.1, 0.15) is 11.8 Å². The molecule has 0 spiro atoms. The molecular weight excluding hydrogens is 328 g/mol. The van der Waals surface area contributed by atoms with Crippen LogP contribution in [0.5, 0.6) is 11.5 Å². The van der Waals surface area contributed by atoms with E-state index < -0.39 is 0 Å². The van der Waals surface area contributed by atoms with Gasteiger partial charge in [-0.25, -0.2) is 0 Å². The number of hydrogen-bond acceptors (Lipinski definition) is 4. The molecule has 0 N–H and O–H groups in total. The summed E-state index contributed by atoms with van der Waals surface area (Å²) in [5.41, 5.74) is 3.31. The lowest BCUT2D eigenvalue weighted by Gasteiger charge is -2.25. The highest BCUT2D eigenvalue weighted by Crippen LogP contribution is 2.34. The van der Waals surface area contributed by atoms with Gasteiger partial charge < -0.3 is 23.7 Å². The maximum atomic E-state index is 6.02. The molecule has 1 fully saturated rings. The second-order valence-corrected chi connectivity index (χ2v) is 6.17. The van der Waals surface area contributed by atoms with E-state index in [4.69, 9.17) is 14.2 Å². The predicted molar refractivity (Wildman–Crippen MR) is 101 cm³/mol. The number of nitrogens with zero attached hydrogens (tertiary/aromatic N) is 2. The molecule has 0 unspecified atom stereocenters. The molecular formula is C21H22N2O3. The standard InChI is InChI=1S/C21H22N2O3/c1-24-19-8-6-17(7-9-19)22-11-10-16(15-22)21-23(12-13-26-21)18-4-3-5-20(14-18)25-2/h3-11,14-15,21H,12-13H2,1-2H3/t21-/m1/s1. The summed E-state index contributed by atoms with van der Waals surface area (Å²) in [6.45, 7) is 1.56. The van der Waals surface area contributed by atoms with Crippen LogP contribution in [0, 0.1) is 0 Å². The first kappa shape index (κ1) is 16.5. The minimum Gasteiger partial charge on any atom is -0.497 e. The van der Waals surface area contributed by atoms with Crippen LogP contribution in [0.3, 0.4) is 0 Å². The Morgan fingerprint density at radius 3 is 2.50 bits per heavy atom. The molecule has 0 bridgehead atoms. The summed E-state index contributed by atoms with van der Waals surface area (Å²) in [6, 6.07) is 18.2.